The molecule has 0 unspecified atom stereocenters. The van der Waals surface area contributed by atoms with Crippen LogP contribution in [0.15, 0.2) is 70.2 Å². The van der Waals surface area contributed by atoms with Crippen molar-refractivity contribution < 1.29 is 13.9 Å². The molecule has 4 rings (SSSR count). The van der Waals surface area contributed by atoms with Crippen LogP contribution in [0.3, 0.4) is 0 Å². The Morgan fingerprint density at radius 3 is 2.81 bits per heavy atom. The van der Waals surface area contributed by atoms with E-state index in [1.54, 1.807) is 31.4 Å². The summed E-state index contributed by atoms with van der Waals surface area (Å²) < 4.78 is 10.9. The molecule has 0 bridgehead atoms. The Balaban J connectivity index is 1.33. The summed E-state index contributed by atoms with van der Waals surface area (Å²) in [4.78, 5) is 13.3. The minimum absolute atomic E-state index is 0.120. The van der Waals surface area contributed by atoms with E-state index in [-0.39, 0.29) is 6.54 Å². The Morgan fingerprint density at radius 1 is 1.19 bits per heavy atom. The van der Waals surface area contributed by atoms with Gasteiger partial charge in [0.05, 0.1) is 18.3 Å². The molecular formula is C21H17ClN6O3. The van der Waals surface area contributed by atoms with Crippen molar-refractivity contribution >= 4 is 23.7 Å². The molecule has 1 amide bonds. The number of nitrogens with zero attached hydrogens (tertiary/aromatic N) is 5. The van der Waals surface area contributed by atoms with Crippen molar-refractivity contribution in [3.63, 3.8) is 0 Å². The second kappa shape index (κ2) is 9.23. The van der Waals surface area contributed by atoms with E-state index in [4.69, 9.17) is 20.8 Å². The lowest BCUT2D eigenvalue weighted by molar-refractivity contribution is -0.122. The highest BCUT2D eigenvalue weighted by Gasteiger charge is 2.09. The molecule has 10 heteroatoms. The molecule has 0 aliphatic carbocycles. The number of halogens is 1. The van der Waals surface area contributed by atoms with Crippen LogP contribution < -0.4 is 10.2 Å². The van der Waals surface area contributed by atoms with Crippen LogP contribution in [0.1, 0.15) is 5.76 Å². The van der Waals surface area contributed by atoms with E-state index in [0.717, 1.165) is 11.1 Å². The van der Waals surface area contributed by atoms with Gasteiger partial charge in [-0.2, -0.15) is 9.90 Å². The molecule has 31 heavy (non-hydrogen) atoms. The van der Waals surface area contributed by atoms with Crippen LogP contribution in [0.4, 0.5) is 0 Å². The van der Waals surface area contributed by atoms with Crippen molar-refractivity contribution in [3.05, 3.63) is 71.4 Å². The van der Waals surface area contributed by atoms with Gasteiger partial charge < -0.3 is 9.15 Å². The van der Waals surface area contributed by atoms with E-state index >= 15 is 0 Å². The fourth-order valence-corrected chi connectivity index (χ4v) is 3.00. The lowest BCUT2D eigenvalue weighted by Gasteiger charge is -2.04. The summed E-state index contributed by atoms with van der Waals surface area (Å²) in [6.45, 7) is -0.120. The van der Waals surface area contributed by atoms with E-state index in [1.165, 1.54) is 11.0 Å². The summed E-state index contributed by atoms with van der Waals surface area (Å²) in [7, 11) is 1.55. The van der Waals surface area contributed by atoms with Crippen molar-refractivity contribution in [2.75, 3.05) is 7.11 Å². The fraction of sp³-hybridized carbons (Fsp3) is 0.0952. The van der Waals surface area contributed by atoms with Crippen LogP contribution >= 0.6 is 11.6 Å². The Bertz CT molecular complexity index is 1220. The SMILES string of the molecule is COc1ccc(-c2ccc(/C=N/NC(=O)Cn3nnc(-c4ccccc4)n3)o2)cc1Cl. The summed E-state index contributed by atoms with van der Waals surface area (Å²) in [5.74, 6) is 1.70. The lowest BCUT2D eigenvalue weighted by Crippen LogP contribution is -2.24. The predicted octanol–water partition coefficient (Wildman–Crippen LogP) is 3.41. The molecule has 4 aromatic rings. The van der Waals surface area contributed by atoms with Gasteiger partial charge >= 0.3 is 0 Å². The van der Waals surface area contributed by atoms with Crippen molar-refractivity contribution in [2.45, 2.75) is 6.54 Å². The third-order valence-electron chi connectivity index (χ3n) is 4.21. The zero-order chi connectivity index (χ0) is 21.6. The van der Waals surface area contributed by atoms with Gasteiger partial charge in [-0.05, 0) is 35.5 Å². The number of hydrogen-bond donors (Lipinski definition) is 1. The monoisotopic (exact) mass is 436 g/mol. The molecule has 0 aliphatic heterocycles. The zero-order valence-corrected chi connectivity index (χ0v) is 17.2. The largest absolute Gasteiger partial charge is 0.495 e. The van der Waals surface area contributed by atoms with Crippen LogP contribution in [-0.4, -0.2) is 39.4 Å². The number of methoxy groups -OCH3 is 1. The van der Waals surface area contributed by atoms with E-state index in [2.05, 4.69) is 25.9 Å². The van der Waals surface area contributed by atoms with Crippen molar-refractivity contribution in [3.8, 4) is 28.5 Å². The van der Waals surface area contributed by atoms with Crippen LogP contribution in [0.25, 0.3) is 22.7 Å². The normalized spacial score (nSPS) is 11.0. The first-order chi connectivity index (χ1) is 15.1. The number of ether oxygens (including phenoxy) is 1. The molecule has 0 aliphatic rings. The van der Waals surface area contributed by atoms with Crippen molar-refractivity contribution in [2.24, 2.45) is 5.10 Å². The zero-order valence-electron chi connectivity index (χ0n) is 16.4. The molecule has 2 aromatic heterocycles. The van der Waals surface area contributed by atoms with Crippen LogP contribution in [0, 0.1) is 0 Å². The summed E-state index contributed by atoms with van der Waals surface area (Å²) in [6.07, 6.45) is 1.40. The van der Waals surface area contributed by atoms with Gasteiger partial charge in [0.1, 0.15) is 23.8 Å². The smallest absolute Gasteiger partial charge is 0.263 e. The molecule has 2 aromatic carbocycles. The van der Waals surface area contributed by atoms with Gasteiger partial charge in [-0.1, -0.05) is 41.9 Å². The van der Waals surface area contributed by atoms with Gasteiger partial charge in [-0.15, -0.1) is 10.2 Å². The highest BCUT2D eigenvalue weighted by Crippen LogP contribution is 2.30. The summed E-state index contributed by atoms with van der Waals surface area (Å²) in [5, 5.41) is 16.4. The third kappa shape index (κ3) is 4.96. The number of carbonyl (C=O) groups excluding carboxylic acids is 1. The van der Waals surface area contributed by atoms with E-state index in [0.29, 0.717) is 28.1 Å². The van der Waals surface area contributed by atoms with E-state index in [9.17, 15) is 4.79 Å². The maximum atomic E-state index is 12.1. The van der Waals surface area contributed by atoms with Gasteiger partial charge in [0.15, 0.2) is 0 Å². The maximum absolute atomic E-state index is 12.1. The Kier molecular flexibility index (Phi) is 6.04. The average Bonchev–Trinajstić information content (AvgIpc) is 3.44. The van der Waals surface area contributed by atoms with Crippen molar-refractivity contribution in [1.29, 1.82) is 0 Å². The molecule has 0 saturated carbocycles. The number of rotatable bonds is 7. The van der Waals surface area contributed by atoms with Gasteiger partial charge in [-0.3, -0.25) is 4.79 Å². The predicted molar refractivity (Wildman–Crippen MR) is 115 cm³/mol. The maximum Gasteiger partial charge on any atom is 0.263 e. The first-order valence-corrected chi connectivity index (χ1v) is 9.59. The minimum Gasteiger partial charge on any atom is -0.495 e. The average molecular weight is 437 g/mol. The number of aromatic nitrogens is 4. The molecule has 1 N–H and O–H groups in total. The number of carbonyl (C=O) groups is 1. The number of hydrogen-bond acceptors (Lipinski definition) is 7. The minimum atomic E-state index is -0.401. The molecule has 0 spiro atoms. The van der Waals surface area contributed by atoms with E-state index in [1.807, 2.05) is 36.4 Å². The second-order valence-electron chi connectivity index (χ2n) is 6.35. The number of hydrazone groups is 1. The lowest BCUT2D eigenvalue weighted by atomic mass is 10.2. The second-order valence-corrected chi connectivity index (χ2v) is 6.76. The number of benzene rings is 2. The number of nitrogens with one attached hydrogen (secondary N) is 1. The first-order valence-electron chi connectivity index (χ1n) is 9.21. The standard InChI is InChI=1S/C21H17ClN6O3/c1-30-19-9-7-15(11-17(19)22)18-10-8-16(31-18)12-23-24-20(29)13-28-26-21(25-27-28)14-5-3-2-4-6-14/h2-12H,13H2,1H3,(H,24,29)/b23-12+. The number of furan rings is 1. The van der Waals surface area contributed by atoms with Gasteiger partial charge in [0.25, 0.3) is 5.91 Å². The fourth-order valence-electron chi connectivity index (χ4n) is 2.74. The summed E-state index contributed by atoms with van der Waals surface area (Å²) in [5.41, 5.74) is 4.02. The van der Waals surface area contributed by atoms with E-state index < -0.39 is 5.91 Å². The molecule has 0 saturated heterocycles. The molecule has 0 atom stereocenters. The molecular weight excluding hydrogens is 420 g/mol. The highest BCUT2D eigenvalue weighted by atomic mass is 35.5. The van der Waals surface area contributed by atoms with Gasteiger partial charge in [0, 0.05) is 11.1 Å². The number of amides is 1. The van der Waals surface area contributed by atoms with Crippen LogP contribution in [-0.2, 0) is 11.3 Å². The third-order valence-corrected chi connectivity index (χ3v) is 4.51. The Morgan fingerprint density at radius 2 is 2.03 bits per heavy atom. The van der Waals surface area contributed by atoms with Crippen LogP contribution in [0.2, 0.25) is 5.02 Å². The quantitative estimate of drug-likeness (QED) is 0.351. The van der Waals surface area contributed by atoms with Crippen molar-refractivity contribution in [1.82, 2.24) is 25.6 Å². The summed E-state index contributed by atoms with van der Waals surface area (Å²) in [6, 6.07) is 18.2. The Hall–Kier alpha value is -3.98. The molecule has 2 heterocycles. The Labute approximate surface area is 182 Å². The molecule has 0 fully saturated rings. The molecule has 9 nitrogen and oxygen atoms in total. The van der Waals surface area contributed by atoms with Crippen LogP contribution in [0.5, 0.6) is 5.75 Å². The highest BCUT2D eigenvalue weighted by molar-refractivity contribution is 6.32. The van der Waals surface area contributed by atoms with Gasteiger partial charge in [0.2, 0.25) is 5.82 Å². The molecule has 0 radical (unpaired) electrons. The van der Waals surface area contributed by atoms with Gasteiger partial charge in [-0.25, -0.2) is 5.43 Å². The molecule has 156 valence electrons. The first kappa shape index (κ1) is 20.3. The topological polar surface area (TPSA) is 107 Å². The number of tetrazole rings is 1. The summed E-state index contributed by atoms with van der Waals surface area (Å²) >= 11 is 6.15.